The molecule has 0 bridgehead atoms. The number of hydrogen-bond donors (Lipinski definition) is 2. The van der Waals surface area contributed by atoms with Crippen LogP contribution in [0, 0.1) is 6.92 Å². The molecule has 0 saturated carbocycles. The average Bonchev–Trinajstić information content (AvgIpc) is 3.14. The van der Waals surface area contributed by atoms with E-state index in [0.717, 1.165) is 16.8 Å². The van der Waals surface area contributed by atoms with E-state index in [9.17, 15) is 4.79 Å². The zero-order chi connectivity index (χ0) is 17.6. The van der Waals surface area contributed by atoms with Gasteiger partial charge in [0, 0.05) is 17.4 Å². The van der Waals surface area contributed by atoms with E-state index in [1.807, 2.05) is 37.3 Å². The Morgan fingerprint density at radius 1 is 1.20 bits per heavy atom. The number of anilines is 2. The van der Waals surface area contributed by atoms with Gasteiger partial charge >= 0.3 is 0 Å². The number of aryl methyl sites for hydroxylation is 1. The van der Waals surface area contributed by atoms with Crippen LogP contribution in [0.4, 0.5) is 11.4 Å². The van der Waals surface area contributed by atoms with Gasteiger partial charge in [0.15, 0.2) is 12.2 Å². The molecule has 0 aliphatic rings. The van der Waals surface area contributed by atoms with E-state index in [1.165, 1.54) is 6.39 Å². The number of ether oxygens (including phenoxy) is 1. The summed E-state index contributed by atoms with van der Waals surface area (Å²) in [5.74, 6) is 1.06. The Morgan fingerprint density at radius 2 is 2.08 bits per heavy atom. The minimum Gasteiger partial charge on any atom is -0.496 e. The van der Waals surface area contributed by atoms with Crippen LogP contribution in [0.1, 0.15) is 5.56 Å². The van der Waals surface area contributed by atoms with Crippen molar-refractivity contribution in [3.63, 3.8) is 0 Å². The van der Waals surface area contributed by atoms with Crippen molar-refractivity contribution in [1.29, 1.82) is 0 Å². The van der Waals surface area contributed by atoms with Gasteiger partial charge in [0.2, 0.25) is 5.91 Å². The molecule has 25 heavy (non-hydrogen) atoms. The number of benzene rings is 2. The highest BCUT2D eigenvalue weighted by molar-refractivity contribution is 5.94. The molecule has 0 fully saturated rings. The van der Waals surface area contributed by atoms with Crippen LogP contribution in [0.3, 0.4) is 0 Å². The highest BCUT2D eigenvalue weighted by Crippen LogP contribution is 2.32. The maximum absolute atomic E-state index is 12.1. The molecular weight excluding hydrogens is 318 g/mol. The van der Waals surface area contributed by atoms with Gasteiger partial charge in [-0.3, -0.25) is 4.79 Å². The second-order valence-corrected chi connectivity index (χ2v) is 5.55. The van der Waals surface area contributed by atoms with E-state index in [4.69, 9.17) is 9.15 Å². The summed E-state index contributed by atoms with van der Waals surface area (Å²) in [6, 6.07) is 13.2. The molecule has 0 unspecified atom stereocenters. The fourth-order valence-corrected chi connectivity index (χ4v) is 2.46. The molecule has 2 N–H and O–H groups in total. The monoisotopic (exact) mass is 337 g/mol. The van der Waals surface area contributed by atoms with Crippen LogP contribution in [0.25, 0.3) is 11.3 Å². The number of methoxy groups -OCH3 is 1. The third-order valence-corrected chi connectivity index (χ3v) is 3.65. The van der Waals surface area contributed by atoms with Crippen molar-refractivity contribution in [3.8, 4) is 17.1 Å². The van der Waals surface area contributed by atoms with E-state index in [-0.39, 0.29) is 12.5 Å². The number of aromatic nitrogens is 1. The van der Waals surface area contributed by atoms with E-state index in [2.05, 4.69) is 15.6 Å². The smallest absolute Gasteiger partial charge is 0.243 e. The predicted molar refractivity (Wildman–Crippen MR) is 96.8 cm³/mol. The van der Waals surface area contributed by atoms with Gasteiger partial charge in [0.05, 0.1) is 25.4 Å². The lowest BCUT2D eigenvalue weighted by Crippen LogP contribution is -2.21. The first-order valence-corrected chi connectivity index (χ1v) is 7.83. The minimum absolute atomic E-state index is 0.143. The predicted octanol–water partition coefficient (Wildman–Crippen LogP) is 3.71. The number of nitrogens with one attached hydrogen (secondary N) is 2. The standard InChI is InChI=1S/C19H19N3O3/c1-13-4-3-5-14(8-13)21-11-19(23)22-15-6-7-16(17(9-15)24-2)18-10-20-12-25-18/h3-10,12,21H,11H2,1-2H3,(H,22,23). The molecule has 0 spiro atoms. The Labute approximate surface area is 145 Å². The van der Waals surface area contributed by atoms with Gasteiger partial charge in [-0.25, -0.2) is 4.98 Å². The van der Waals surface area contributed by atoms with Crippen LogP contribution in [0.5, 0.6) is 5.75 Å². The Hall–Kier alpha value is -3.28. The first-order chi connectivity index (χ1) is 12.2. The van der Waals surface area contributed by atoms with Crippen molar-refractivity contribution in [2.24, 2.45) is 0 Å². The molecule has 1 aromatic heterocycles. The normalized spacial score (nSPS) is 10.3. The van der Waals surface area contributed by atoms with Crippen molar-refractivity contribution >= 4 is 17.3 Å². The molecule has 0 aliphatic carbocycles. The van der Waals surface area contributed by atoms with E-state index >= 15 is 0 Å². The van der Waals surface area contributed by atoms with Crippen LogP contribution in [-0.2, 0) is 4.79 Å². The number of carbonyl (C=O) groups is 1. The zero-order valence-corrected chi connectivity index (χ0v) is 14.1. The maximum Gasteiger partial charge on any atom is 0.243 e. The highest BCUT2D eigenvalue weighted by atomic mass is 16.5. The molecule has 6 heteroatoms. The molecule has 3 rings (SSSR count). The fourth-order valence-electron chi connectivity index (χ4n) is 2.46. The van der Waals surface area contributed by atoms with Crippen LogP contribution >= 0.6 is 0 Å². The largest absolute Gasteiger partial charge is 0.496 e. The highest BCUT2D eigenvalue weighted by Gasteiger charge is 2.11. The van der Waals surface area contributed by atoms with Crippen molar-refractivity contribution in [2.45, 2.75) is 6.92 Å². The van der Waals surface area contributed by atoms with Crippen molar-refractivity contribution in [1.82, 2.24) is 4.98 Å². The Kier molecular flexibility index (Phi) is 4.99. The van der Waals surface area contributed by atoms with Crippen LogP contribution < -0.4 is 15.4 Å². The van der Waals surface area contributed by atoms with Crippen LogP contribution in [0.15, 0.2) is 59.5 Å². The SMILES string of the molecule is COc1cc(NC(=O)CNc2cccc(C)c2)ccc1-c1cnco1. The first-order valence-electron chi connectivity index (χ1n) is 7.83. The summed E-state index contributed by atoms with van der Waals surface area (Å²) in [4.78, 5) is 16.0. The second kappa shape index (κ2) is 7.53. The van der Waals surface area contributed by atoms with Gasteiger partial charge in [-0.15, -0.1) is 0 Å². The molecule has 3 aromatic rings. The number of oxazole rings is 1. The topological polar surface area (TPSA) is 76.4 Å². The Balaban J connectivity index is 1.65. The molecular formula is C19H19N3O3. The first kappa shape index (κ1) is 16.6. The summed E-state index contributed by atoms with van der Waals surface area (Å²) in [6.07, 6.45) is 2.98. The molecule has 0 radical (unpaired) electrons. The minimum atomic E-state index is -0.143. The Morgan fingerprint density at radius 3 is 2.80 bits per heavy atom. The summed E-state index contributed by atoms with van der Waals surface area (Å²) in [6.45, 7) is 2.18. The molecule has 128 valence electrons. The zero-order valence-electron chi connectivity index (χ0n) is 14.1. The summed E-state index contributed by atoms with van der Waals surface area (Å²) in [5.41, 5.74) is 3.47. The third kappa shape index (κ3) is 4.17. The van der Waals surface area contributed by atoms with Gasteiger partial charge in [-0.2, -0.15) is 0 Å². The molecule has 1 heterocycles. The molecule has 0 aliphatic heterocycles. The maximum atomic E-state index is 12.1. The lowest BCUT2D eigenvalue weighted by Gasteiger charge is -2.11. The number of amides is 1. The number of nitrogens with zero attached hydrogens (tertiary/aromatic N) is 1. The quantitative estimate of drug-likeness (QED) is 0.717. The lowest BCUT2D eigenvalue weighted by atomic mass is 10.1. The molecule has 2 aromatic carbocycles. The number of rotatable bonds is 6. The second-order valence-electron chi connectivity index (χ2n) is 5.55. The van der Waals surface area contributed by atoms with E-state index in [0.29, 0.717) is 17.2 Å². The van der Waals surface area contributed by atoms with E-state index < -0.39 is 0 Å². The summed E-state index contributed by atoms with van der Waals surface area (Å²) < 4.78 is 10.7. The molecule has 6 nitrogen and oxygen atoms in total. The van der Waals surface area contributed by atoms with Crippen molar-refractivity contribution in [3.05, 3.63) is 60.6 Å². The van der Waals surface area contributed by atoms with Gasteiger partial charge in [0.25, 0.3) is 0 Å². The summed E-state index contributed by atoms with van der Waals surface area (Å²) in [7, 11) is 1.57. The van der Waals surface area contributed by atoms with Crippen molar-refractivity contribution in [2.75, 3.05) is 24.3 Å². The summed E-state index contributed by atoms with van der Waals surface area (Å²) >= 11 is 0. The van der Waals surface area contributed by atoms with Crippen LogP contribution in [-0.4, -0.2) is 24.5 Å². The van der Waals surface area contributed by atoms with Gasteiger partial charge in [0.1, 0.15) is 5.75 Å². The van der Waals surface area contributed by atoms with Gasteiger partial charge in [-0.1, -0.05) is 12.1 Å². The fraction of sp³-hybridized carbons (Fsp3) is 0.158. The van der Waals surface area contributed by atoms with Crippen molar-refractivity contribution < 1.29 is 13.9 Å². The van der Waals surface area contributed by atoms with Crippen LogP contribution in [0.2, 0.25) is 0 Å². The molecule has 1 amide bonds. The molecule has 0 atom stereocenters. The summed E-state index contributed by atoms with van der Waals surface area (Å²) in [5, 5.41) is 5.95. The Bertz CT molecular complexity index is 860. The lowest BCUT2D eigenvalue weighted by molar-refractivity contribution is -0.114. The number of carbonyl (C=O) groups excluding carboxylic acids is 1. The number of hydrogen-bond acceptors (Lipinski definition) is 5. The van der Waals surface area contributed by atoms with Gasteiger partial charge < -0.3 is 19.8 Å². The average molecular weight is 337 g/mol. The molecule has 0 saturated heterocycles. The third-order valence-electron chi connectivity index (χ3n) is 3.65. The van der Waals surface area contributed by atoms with Gasteiger partial charge in [-0.05, 0) is 36.8 Å². The van der Waals surface area contributed by atoms with E-state index in [1.54, 1.807) is 25.4 Å².